The van der Waals surface area contributed by atoms with Crippen LogP contribution in [0.2, 0.25) is 0 Å². The van der Waals surface area contributed by atoms with Gasteiger partial charge in [0.15, 0.2) is 0 Å². The molecule has 1 rings (SSSR count). The van der Waals surface area contributed by atoms with Crippen molar-refractivity contribution < 1.29 is 8.42 Å². The number of halogens is 1. The van der Waals surface area contributed by atoms with E-state index < -0.39 is 10.0 Å². The molecule has 0 radical (unpaired) electrons. The molecule has 1 aromatic heterocycles. The molecule has 0 aliphatic rings. The van der Waals surface area contributed by atoms with Gasteiger partial charge in [-0.05, 0) is 27.4 Å². The molecule has 0 amide bonds. The summed E-state index contributed by atoms with van der Waals surface area (Å²) in [4.78, 5) is 3.88. The lowest BCUT2D eigenvalue weighted by atomic mass is 9.97. The fourth-order valence-electron chi connectivity index (χ4n) is 1.56. The Morgan fingerprint density at radius 1 is 1.44 bits per heavy atom. The first-order valence-electron chi connectivity index (χ1n) is 5.41. The number of hydrogen-bond donors (Lipinski definition) is 1. The number of pyridine rings is 1. The summed E-state index contributed by atoms with van der Waals surface area (Å²) < 4.78 is 26.6. The predicted molar refractivity (Wildman–Crippen MR) is 75.6 cm³/mol. The predicted octanol–water partition coefficient (Wildman–Crippen LogP) is 2.09. The highest BCUT2D eigenvalue weighted by molar-refractivity contribution is 9.10. The van der Waals surface area contributed by atoms with Crippen LogP contribution in [0.25, 0.3) is 0 Å². The van der Waals surface area contributed by atoms with Crippen molar-refractivity contribution in [1.82, 2.24) is 9.29 Å². The first-order valence-corrected chi connectivity index (χ1v) is 7.65. The summed E-state index contributed by atoms with van der Waals surface area (Å²) in [7, 11) is -2.07. The molecule has 18 heavy (non-hydrogen) atoms. The summed E-state index contributed by atoms with van der Waals surface area (Å²) in [5, 5.41) is 0. The summed E-state index contributed by atoms with van der Waals surface area (Å²) in [6.45, 7) is 6.33. The van der Waals surface area contributed by atoms with Crippen LogP contribution < -0.4 is 5.73 Å². The van der Waals surface area contributed by atoms with Crippen LogP contribution in [0.1, 0.15) is 20.8 Å². The smallest absolute Gasteiger partial charge is 0.246 e. The Labute approximate surface area is 117 Å². The minimum absolute atomic E-state index is 0.0129. The van der Waals surface area contributed by atoms with Gasteiger partial charge < -0.3 is 5.73 Å². The van der Waals surface area contributed by atoms with Gasteiger partial charge >= 0.3 is 0 Å². The monoisotopic (exact) mass is 335 g/mol. The molecule has 2 N–H and O–H groups in total. The largest absolute Gasteiger partial charge is 0.383 e. The Bertz CT molecular complexity index is 538. The molecular formula is C11H18BrN3O2S. The molecule has 0 saturated heterocycles. The summed E-state index contributed by atoms with van der Waals surface area (Å²) in [5.74, 6) is 0.0129. The van der Waals surface area contributed by atoms with Crippen molar-refractivity contribution in [2.45, 2.75) is 25.7 Å². The second-order valence-corrected chi connectivity index (χ2v) is 8.29. The average molecular weight is 336 g/mol. The second kappa shape index (κ2) is 5.14. The van der Waals surface area contributed by atoms with Gasteiger partial charge in [0.25, 0.3) is 0 Å². The maximum Gasteiger partial charge on any atom is 0.246 e. The van der Waals surface area contributed by atoms with E-state index in [1.807, 2.05) is 20.8 Å². The molecular weight excluding hydrogens is 318 g/mol. The van der Waals surface area contributed by atoms with Gasteiger partial charge in [0.2, 0.25) is 10.0 Å². The van der Waals surface area contributed by atoms with Crippen molar-refractivity contribution in [3.63, 3.8) is 0 Å². The molecule has 0 fully saturated rings. The maximum absolute atomic E-state index is 12.4. The fraction of sp³-hybridized carbons (Fsp3) is 0.545. The summed E-state index contributed by atoms with van der Waals surface area (Å²) >= 11 is 3.20. The third-order valence-corrected chi connectivity index (χ3v) is 4.50. The van der Waals surface area contributed by atoms with Crippen molar-refractivity contribution in [1.29, 1.82) is 0 Å². The van der Waals surface area contributed by atoms with Crippen LogP contribution in [0.3, 0.4) is 0 Å². The Morgan fingerprint density at radius 3 is 2.50 bits per heavy atom. The number of hydrogen-bond acceptors (Lipinski definition) is 4. The Balaban J connectivity index is 3.17. The van der Waals surface area contributed by atoms with Gasteiger partial charge in [0, 0.05) is 24.3 Å². The summed E-state index contributed by atoms with van der Waals surface area (Å²) in [6.07, 6.45) is 1.47. The standard InChI is InChI=1S/C11H18BrN3O2S/c1-11(2,3)7-15(4)18(16,17)9-5-8(12)6-14-10(9)13/h5-6H,7H2,1-4H3,(H2,13,14). The van der Waals surface area contributed by atoms with Crippen molar-refractivity contribution in [2.24, 2.45) is 5.41 Å². The minimum Gasteiger partial charge on any atom is -0.383 e. The molecule has 0 aromatic carbocycles. The third-order valence-electron chi connectivity index (χ3n) is 2.23. The van der Waals surface area contributed by atoms with Crippen LogP contribution >= 0.6 is 15.9 Å². The number of nitrogen functional groups attached to an aromatic ring is 1. The molecule has 7 heteroatoms. The van der Waals surface area contributed by atoms with Gasteiger partial charge in [0.05, 0.1) is 0 Å². The number of sulfonamides is 1. The van der Waals surface area contributed by atoms with E-state index in [-0.39, 0.29) is 16.1 Å². The topological polar surface area (TPSA) is 76.3 Å². The highest BCUT2D eigenvalue weighted by atomic mass is 79.9. The Kier molecular flexibility index (Phi) is 4.40. The van der Waals surface area contributed by atoms with Gasteiger partial charge in [0.1, 0.15) is 10.7 Å². The van der Waals surface area contributed by atoms with Crippen LogP contribution in [-0.2, 0) is 10.0 Å². The number of nitrogens with two attached hydrogens (primary N) is 1. The lowest BCUT2D eigenvalue weighted by Gasteiger charge is -2.26. The molecule has 0 saturated carbocycles. The van der Waals surface area contributed by atoms with E-state index in [9.17, 15) is 8.42 Å². The van der Waals surface area contributed by atoms with Crippen molar-refractivity contribution in [3.05, 3.63) is 16.7 Å². The van der Waals surface area contributed by atoms with E-state index in [1.165, 1.54) is 16.6 Å². The van der Waals surface area contributed by atoms with Crippen molar-refractivity contribution in [2.75, 3.05) is 19.3 Å². The number of aromatic nitrogens is 1. The van der Waals surface area contributed by atoms with E-state index in [2.05, 4.69) is 20.9 Å². The molecule has 0 aliphatic heterocycles. The van der Waals surface area contributed by atoms with Gasteiger partial charge in [-0.2, -0.15) is 0 Å². The van der Waals surface area contributed by atoms with Crippen LogP contribution in [0, 0.1) is 5.41 Å². The van der Waals surface area contributed by atoms with Gasteiger partial charge in [-0.15, -0.1) is 0 Å². The van der Waals surface area contributed by atoms with Crippen LogP contribution in [0.4, 0.5) is 5.82 Å². The zero-order valence-corrected chi connectivity index (χ0v) is 13.3. The summed E-state index contributed by atoms with van der Waals surface area (Å²) in [5.41, 5.74) is 5.51. The first kappa shape index (κ1) is 15.4. The lowest BCUT2D eigenvalue weighted by molar-refractivity contribution is 0.311. The average Bonchev–Trinajstić information content (AvgIpc) is 2.19. The van der Waals surface area contributed by atoms with E-state index >= 15 is 0 Å². The Morgan fingerprint density at radius 2 is 2.00 bits per heavy atom. The van der Waals surface area contributed by atoms with Crippen LogP contribution in [-0.4, -0.2) is 31.3 Å². The van der Waals surface area contributed by atoms with Gasteiger partial charge in [-0.1, -0.05) is 20.8 Å². The quantitative estimate of drug-likeness (QED) is 0.917. The molecule has 1 aromatic rings. The van der Waals surface area contributed by atoms with E-state index in [1.54, 1.807) is 7.05 Å². The Hall–Kier alpha value is -0.660. The minimum atomic E-state index is -3.61. The highest BCUT2D eigenvalue weighted by Crippen LogP contribution is 2.25. The normalized spacial score (nSPS) is 13.0. The molecule has 0 atom stereocenters. The van der Waals surface area contributed by atoms with Crippen LogP contribution in [0.15, 0.2) is 21.6 Å². The van der Waals surface area contributed by atoms with E-state index in [4.69, 9.17) is 5.73 Å². The third kappa shape index (κ3) is 3.66. The molecule has 5 nitrogen and oxygen atoms in total. The summed E-state index contributed by atoms with van der Waals surface area (Å²) in [6, 6.07) is 1.47. The van der Waals surface area contributed by atoms with Gasteiger partial charge in [-0.25, -0.2) is 17.7 Å². The highest BCUT2D eigenvalue weighted by Gasteiger charge is 2.27. The van der Waals surface area contributed by atoms with Crippen molar-refractivity contribution in [3.8, 4) is 0 Å². The first-order chi connectivity index (χ1) is 8.04. The van der Waals surface area contributed by atoms with Crippen LogP contribution in [0.5, 0.6) is 0 Å². The molecule has 0 bridgehead atoms. The maximum atomic E-state index is 12.4. The molecule has 0 unspecified atom stereocenters. The molecule has 1 heterocycles. The second-order valence-electron chi connectivity index (χ2n) is 5.36. The van der Waals surface area contributed by atoms with Crippen molar-refractivity contribution >= 4 is 31.8 Å². The SMILES string of the molecule is CN(CC(C)(C)C)S(=O)(=O)c1cc(Br)cnc1N. The molecule has 0 spiro atoms. The number of nitrogens with zero attached hydrogens (tertiary/aromatic N) is 2. The lowest BCUT2D eigenvalue weighted by Crippen LogP contribution is -2.35. The fourth-order valence-corrected chi connectivity index (χ4v) is 3.53. The van der Waals surface area contributed by atoms with E-state index in [0.29, 0.717) is 11.0 Å². The molecule has 0 aliphatic carbocycles. The number of anilines is 1. The molecule has 102 valence electrons. The number of rotatable bonds is 3. The zero-order valence-electron chi connectivity index (χ0n) is 10.9. The van der Waals surface area contributed by atoms with Gasteiger partial charge in [-0.3, -0.25) is 0 Å². The zero-order chi connectivity index (χ0) is 14.1. The van der Waals surface area contributed by atoms with E-state index in [0.717, 1.165) is 0 Å².